The summed E-state index contributed by atoms with van der Waals surface area (Å²) >= 11 is 0. The minimum Gasteiger partial charge on any atom is -0.456 e. The van der Waals surface area contributed by atoms with E-state index in [0.29, 0.717) is 37.9 Å². The van der Waals surface area contributed by atoms with Gasteiger partial charge in [-0.05, 0) is 69.0 Å². The number of aromatic nitrogens is 4. The summed E-state index contributed by atoms with van der Waals surface area (Å²) in [5.41, 5.74) is 5.39. The first-order chi connectivity index (χ1) is 32.6. The van der Waals surface area contributed by atoms with Gasteiger partial charge >= 0.3 is 11.8 Å². The van der Waals surface area contributed by atoms with Gasteiger partial charge in [-0.25, -0.2) is 14.3 Å². The molecule has 1 unspecified atom stereocenters. The zero-order valence-corrected chi connectivity index (χ0v) is 37.9. The molecule has 1 atom stereocenters. The Labute approximate surface area is 388 Å². The maximum Gasteiger partial charge on any atom is 0.519 e. The molecule has 2 heterocycles. The molecule has 7 rings (SSSR count). The van der Waals surface area contributed by atoms with Crippen LogP contribution in [0.5, 0.6) is 0 Å². The Morgan fingerprint density at radius 3 is 1.93 bits per heavy atom. The summed E-state index contributed by atoms with van der Waals surface area (Å²) in [6.45, 7) is 5.44. The second-order valence-electron chi connectivity index (χ2n) is 16.6. The van der Waals surface area contributed by atoms with Gasteiger partial charge in [0.2, 0.25) is 5.91 Å². The van der Waals surface area contributed by atoms with Crippen molar-refractivity contribution in [2.45, 2.75) is 90.4 Å². The van der Waals surface area contributed by atoms with Crippen molar-refractivity contribution in [2.24, 2.45) is 5.92 Å². The number of tetrazole rings is 1. The van der Waals surface area contributed by atoms with Crippen molar-refractivity contribution in [3.8, 4) is 22.5 Å². The molecule has 0 saturated carbocycles. The second kappa shape index (κ2) is 22.5. The Bertz CT molecular complexity index is 2660. The van der Waals surface area contributed by atoms with E-state index in [9.17, 15) is 24.5 Å². The van der Waals surface area contributed by atoms with Crippen LogP contribution in [0.2, 0.25) is 0 Å². The van der Waals surface area contributed by atoms with Crippen LogP contribution in [-0.2, 0) is 44.3 Å². The van der Waals surface area contributed by atoms with Crippen LogP contribution in [-0.4, -0.2) is 54.7 Å². The molecule has 2 aromatic heterocycles. The summed E-state index contributed by atoms with van der Waals surface area (Å²) < 4.78 is 18.1. The number of ether oxygens (including phenoxy) is 1. The molecule has 0 spiro atoms. The third-order valence-electron chi connectivity index (χ3n) is 11.7. The predicted molar refractivity (Wildman–Crippen MR) is 250 cm³/mol. The molecule has 0 aliphatic rings. The highest BCUT2D eigenvalue weighted by molar-refractivity contribution is 5.85. The summed E-state index contributed by atoms with van der Waals surface area (Å²) in [6.07, 6.45) is 3.51. The molecule has 0 bridgehead atoms. The number of unbranched alkanes of at least 4 members (excludes halogenated alkanes) is 3. The van der Waals surface area contributed by atoms with Crippen LogP contribution in [0.15, 0.2) is 153 Å². The van der Waals surface area contributed by atoms with Crippen molar-refractivity contribution < 1.29 is 33.1 Å². The van der Waals surface area contributed by atoms with Gasteiger partial charge in [-0.3, -0.25) is 4.79 Å². The number of amides is 1. The molecule has 15 nitrogen and oxygen atoms in total. The topological polar surface area (TPSA) is 186 Å². The normalized spacial score (nSPS) is 11.9. The third kappa shape index (κ3) is 11.1. The fourth-order valence-electron chi connectivity index (χ4n) is 8.54. The maximum absolute atomic E-state index is 14.0. The van der Waals surface area contributed by atoms with Crippen LogP contribution in [0.3, 0.4) is 0 Å². The molecule has 0 radical (unpaired) electrons. The van der Waals surface area contributed by atoms with Gasteiger partial charge in [-0.1, -0.05) is 173 Å². The van der Waals surface area contributed by atoms with Crippen LogP contribution in [0, 0.1) is 16.0 Å². The van der Waals surface area contributed by atoms with Gasteiger partial charge < -0.3 is 23.3 Å². The molecule has 15 heteroatoms. The first-order valence-electron chi connectivity index (χ1n) is 22.6. The molecule has 67 heavy (non-hydrogen) atoms. The molecular formula is C52H54N6O9. The second-order valence-corrected chi connectivity index (χ2v) is 16.6. The number of carbonyl (C=O) groups is 2. The number of hydrogen-bond acceptors (Lipinski definition) is 12. The molecular weight excluding hydrogens is 853 g/mol. The Kier molecular flexibility index (Phi) is 15.9. The van der Waals surface area contributed by atoms with Gasteiger partial charge in [0.15, 0.2) is 24.0 Å². The zero-order valence-electron chi connectivity index (χ0n) is 37.9. The number of rotatable bonds is 23. The van der Waals surface area contributed by atoms with Crippen LogP contribution in [0.1, 0.15) is 93.1 Å². The van der Waals surface area contributed by atoms with Crippen molar-refractivity contribution in [2.75, 3.05) is 6.61 Å². The van der Waals surface area contributed by atoms with Crippen molar-refractivity contribution in [1.82, 2.24) is 25.1 Å². The lowest BCUT2D eigenvalue weighted by Gasteiger charge is -2.36. The van der Waals surface area contributed by atoms with Gasteiger partial charge in [-0.2, -0.15) is 0 Å². The van der Waals surface area contributed by atoms with Crippen molar-refractivity contribution in [3.63, 3.8) is 0 Å². The number of aryl methyl sites for hydroxylation is 1. The highest BCUT2D eigenvalue weighted by atomic mass is 16.9. The quantitative estimate of drug-likeness (QED) is 0.0195. The maximum atomic E-state index is 14.0. The van der Waals surface area contributed by atoms with E-state index in [1.807, 2.05) is 129 Å². The molecule has 0 fully saturated rings. The van der Waals surface area contributed by atoms with Crippen LogP contribution in [0.4, 0.5) is 0 Å². The summed E-state index contributed by atoms with van der Waals surface area (Å²) in [5, 5.41) is 23.3. The lowest BCUT2D eigenvalue weighted by atomic mass is 9.77. The zero-order chi connectivity index (χ0) is 47.2. The average Bonchev–Trinajstić information content (AvgIpc) is 3.98. The minimum atomic E-state index is -0.952. The smallest absolute Gasteiger partial charge is 0.456 e. The van der Waals surface area contributed by atoms with Crippen LogP contribution >= 0.6 is 0 Å². The van der Waals surface area contributed by atoms with Gasteiger partial charge in [0.25, 0.3) is 5.09 Å². The van der Waals surface area contributed by atoms with E-state index in [2.05, 4.69) is 46.4 Å². The molecule has 1 amide bonds. The van der Waals surface area contributed by atoms with Crippen LogP contribution in [0.25, 0.3) is 22.5 Å². The Balaban J connectivity index is 1.16. The SMILES string of the molecule is CCCCC(=O)N(Cc1ccc(-c2ccccc2-c2nnnn2C(c2ccccc2)(c2ccccc2)c2ccccc2)cc1)C(C(=O)OCc1oc(=O)oc1CCCCCO[N+](=O)[O-])C(C)C. The lowest BCUT2D eigenvalue weighted by Crippen LogP contribution is -2.48. The van der Waals surface area contributed by atoms with Crippen molar-refractivity contribution in [3.05, 3.63) is 194 Å². The van der Waals surface area contributed by atoms with Crippen molar-refractivity contribution in [1.29, 1.82) is 0 Å². The van der Waals surface area contributed by atoms with Gasteiger partial charge in [-0.15, -0.1) is 15.2 Å². The van der Waals surface area contributed by atoms with Gasteiger partial charge in [0.1, 0.15) is 11.6 Å². The molecule has 0 saturated heterocycles. The first kappa shape index (κ1) is 47.3. The number of benzene rings is 5. The van der Waals surface area contributed by atoms with E-state index < -0.39 is 28.5 Å². The largest absolute Gasteiger partial charge is 0.519 e. The highest BCUT2D eigenvalue weighted by Gasteiger charge is 2.42. The fourth-order valence-corrected chi connectivity index (χ4v) is 8.54. The number of esters is 1. The molecule has 0 aliphatic carbocycles. The van der Waals surface area contributed by atoms with Gasteiger partial charge in [0, 0.05) is 24.9 Å². The molecule has 0 N–H and O–H groups in total. The summed E-state index contributed by atoms with van der Waals surface area (Å²) in [5.74, 6) is -1.24. The van der Waals surface area contributed by atoms with Gasteiger partial charge in [0.05, 0.1) is 6.61 Å². The summed E-state index contributed by atoms with van der Waals surface area (Å²) in [4.78, 5) is 56.4. The standard InChI is InChI=1S/C52H54N6O9/c1-4-5-29-47(59)56(48(37(2)3)50(60)64-36-46-45(66-51(61)67-46)28-16-9-19-34-65-58(62)63)35-38-30-32-39(33-31-38)43-26-17-18-27-44(43)49-53-54-55-57(49)52(40-20-10-6-11-21-40,41-22-12-7-13-23-41)42-24-14-8-15-25-42/h6-8,10-15,17-18,20-27,30-33,37,48H,4-5,9,16,19,28-29,34-36H2,1-3H3. The molecule has 7 aromatic rings. The minimum absolute atomic E-state index is 0.0427. The molecule has 346 valence electrons. The highest BCUT2D eigenvalue weighted by Crippen LogP contribution is 2.43. The van der Waals surface area contributed by atoms with E-state index in [0.717, 1.165) is 45.4 Å². The monoisotopic (exact) mass is 906 g/mol. The Hall–Kier alpha value is -7.68. The first-order valence-corrected chi connectivity index (χ1v) is 22.6. The third-order valence-corrected chi connectivity index (χ3v) is 11.7. The van der Waals surface area contributed by atoms with E-state index >= 15 is 0 Å². The Morgan fingerprint density at radius 2 is 1.34 bits per heavy atom. The number of hydrogen-bond donors (Lipinski definition) is 0. The predicted octanol–water partition coefficient (Wildman–Crippen LogP) is 9.60. The number of carbonyl (C=O) groups excluding carboxylic acids is 2. The Morgan fingerprint density at radius 1 is 0.761 bits per heavy atom. The van der Waals surface area contributed by atoms with Crippen molar-refractivity contribution >= 4 is 11.9 Å². The molecule has 0 aliphatic heterocycles. The lowest BCUT2D eigenvalue weighted by molar-refractivity contribution is -0.757. The number of nitrogens with zero attached hydrogens (tertiary/aromatic N) is 6. The molecule has 5 aromatic carbocycles. The summed E-state index contributed by atoms with van der Waals surface area (Å²) in [7, 11) is 0. The fraction of sp³-hybridized carbons (Fsp3) is 0.308. The van der Waals surface area contributed by atoms with E-state index in [1.54, 1.807) is 4.90 Å². The average molecular weight is 907 g/mol. The van der Waals surface area contributed by atoms with E-state index in [-0.39, 0.29) is 49.5 Å². The summed E-state index contributed by atoms with van der Waals surface area (Å²) in [6, 6.07) is 45.6. The van der Waals surface area contributed by atoms with E-state index in [4.69, 9.17) is 23.9 Å². The van der Waals surface area contributed by atoms with E-state index in [1.165, 1.54) is 0 Å². The van der Waals surface area contributed by atoms with Crippen LogP contribution < -0.4 is 5.82 Å².